The van der Waals surface area contributed by atoms with Gasteiger partial charge in [-0.1, -0.05) is 97.1 Å². The molecule has 0 nitrogen and oxygen atoms in total. The van der Waals surface area contributed by atoms with Gasteiger partial charge in [0.15, 0.2) is 0 Å². The molecule has 0 heterocycles. The molecule has 0 aromatic heterocycles. The molecule has 0 saturated heterocycles. The molecule has 0 aliphatic heterocycles. The van der Waals surface area contributed by atoms with Crippen LogP contribution >= 0.6 is 15.8 Å². The highest BCUT2D eigenvalue weighted by atomic mass is 31.1. The molecule has 0 amide bonds. The lowest BCUT2D eigenvalue weighted by Gasteiger charge is -2.25. The SMILES string of the molecule is Fc1ccc(P(c2ccc(F)cc2)c2cc3c4ccccc4c(P(c4ccc(F)cc4)c4ccc(F)cc4)cc3c3ccccc23)cc1. The molecule has 0 unspecified atom stereocenters. The van der Waals surface area contributed by atoms with Crippen LogP contribution in [0.4, 0.5) is 17.6 Å². The average Bonchev–Trinajstić information content (AvgIpc) is 3.12. The van der Waals surface area contributed by atoms with Gasteiger partial charge in [0.2, 0.25) is 0 Å². The third-order valence-electron chi connectivity index (χ3n) is 8.66. The fraction of sp³-hybridized carbons (Fsp3) is 0. The minimum absolute atomic E-state index is 0.312. The van der Waals surface area contributed by atoms with E-state index in [-0.39, 0.29) is 23.3 Å². The third-order valence-corrected chi connectivity index (χ3v) is 13.6. The zero-order valence-electron chi connectivity index (χ0n) is 25.4. The molecule has 0 aliphatic carbocycles. The van der Waals surface area contributed by atoms with E-state index in [1.807, 2.05) is 72.8 Å². The summed E-state index contributed by atoms with van der Waals surface area (Å²) in [6.07, 6.45) is 0. The van der Waals surface area contributed by atoms with Gasteiger partial charge in [-0.3, -0.25) is 0 Å². The molecule has 0 atom stereocenters. The summed E-state index contributed by atoms with van der Waals surface area (Å²) in [5.41, 5.74) is 0. The highest BCUT2D eigenvalue weighted by Crippen LogP contribution is 2.43. The first-order chi connectivity index (χ1) is 23.4. The molecule has 0 saturated carbocycles. The fourth-order valence-electron chi connectivity index (χ4n) is 6.50. The maximum absolute atomic E-state index is 14.2. The van der Waals surface area contributed by atoms with Crippen molar-refractivity contribution < 1.29 is 17.6 Å². The number of halogens is 4. The van der Waals surface area contributed by atoms with Crippen molar-refractivity contribution in [2.24, 2.45) is 0 Å². The topological polar surface area (TPSA) is 0 Å². The van der Waals surface area contributed by atoms with E-state index in [2.05, 4.69) is 36.4 Å². The zero-order valence-corrected chi connectivity index (χ0v) is 27.2. The van der Waals surface area contributed by atoms with Crippen molar-refractivity contribution in [3.63, 3.8) is 0 Å². The molecule has 0 spiro atoms. The molecule has 0 fully saturated rings. The summed E-state index contributed by atoms with van der Waals surface area (Å²) in [5.74, 6) is -1.25. The van der Waals surface area contributed by atoms with E-state index in [1.165, 1.54) is 48.5 Å². The van der Waals surface area contributed by atoms with Crippen molar-refractivity contribution in [2.75, 3.05) is 0 Å². The predicted molar refractivity (Wildman–Crippen MR) is 196 cm³/mol. The van der Waals surface area contributed by atoms with E-state index in [4.69, 9.17) is 0 Å². The molecule has 0 N–H and O–H groups in total. The monoisotopic (exact) mass is 668 g/mol. The van der Waals surface area contributed by atoms with Crippen LogP contribution in [0, 0.1) is 23.3 Å². The Hall–Kier alpha value is -4.88. The Labute approximate surface area is 277 Å². The largest absolute Gasteiger partial charge is 0.207 e. The van der Waals surface area contributed by atoms with Crippen LogP contribution in [0.25, 0.3) is 32.3 Å². The Morgan fingerprint density at radius 1 is 0.271 bits per heavy atom. The van der Waals surface area contributed by atoms with Gasteiger partial charge in [-0.05, 0) is 141 Å². The summed E-state index contributed by atoms with van der Waals surface area (Å²) in [7, 11) is -2.40. The van der Waals surface area contributed by atoms with Gasteiger partial charge >= 0.3 is 0 Å². The van der Waals surface area contributed by atoms with Crippen LogP contribution in [0.3, 0.4) is 0 Å². The standard InChI is InChI=1S/C42H26F4P2/c43-27-9-17-31(18-10-27)47(32-19-11-28(44)12-20-32)41-26-40-36-6-2-4-8-38(36)42(25-39(40)35-5-1-3-7-37(35)41)48(33-21-13-29(45)14-22-33)34-23-15-30(46)16-24-34/h1-26H. The van der Waals surface area contributed by atoms with Crippen molar-refractivity contribution in [1.82, 2.24) is 0 Å². The first-order valence-electron chi connectivity index (χ1n) is 15.4. The van der Waals surface area contributed by atoms with Crippen LogP contribution in [0.5, 0.6) is 0 Å². The van der Waals surface area contributed by atoms with Crippen LogP contribution in [0.15, 0.2) is 158 Å². The minimum atomic E-state index is -1.20. The van der Waals surface area contributed by atoms with E-state index < -0.39 is 15.8 Å². The second-order valence-electron chi connectivity index (χ2n) is 11.6. The van der Waals surface area contributed by atoms with Gasteiger partial charge in [0, 0.05) is 0 Å². The Bertz CT molecular complexity index is 2160. The van der Waals surface area contributed by atoms with E-state index in [0.29, 0.717) is 0 Å². The van der Waals surface area contributed by atoms with E-state index in [0.717, 1.165) is 64.1 Å². The number of benzene rings is 8. The van der Waals surface area contributed by atoms with Crippen LogP contribution in [0.2, 0.25) is 0 Å². The molecule has 0 radical (unpaired) electrons. The van der Waals surface area contributed by atoms with Gasteiger partial charge < -0.3 is 0 Å². The van der Waals surface area contributed by atoms with Crippen molar-refractivity contribution in [3.8, 4) is 0 Å². The molecule has 6 heteroatoms. The Kier molecular flexibility index (Phi) is 8.01. The number of hydrogen-bond donors (Lipinski definition) is 0. The van der Waals surface area contributed by atoms with Crippen LogP contribution in [-0.2, 0) is 0 Å². The fourth-order valence-corrected chi connectivity index (χ4v) is 11.4. The number of rotatable bonds is 6. The van der Waals surface area contributed by atoms with Crippen molar-refractivity contribution in [2.45, 2.75) is 0 Å². The number of fused-ring (bicyclic) bond motifs is 5. The van der Waals surface area contributed by atoms with Gasteiger partial charge in [0.05, 0.1) is 0 Å². The first-order valence-corrected chi connectivity index (χ1v) is 18.1. The second-order valence-corrected chi connectivity index (χ2v) is 15.9. The molecule has 0 bridgehead atoms. The zero-order chi connectivity index (χ0) is 32.8. The summed E-state index contributed by atoms with van der Waals surface area (Å²) in [6.45, 7) is 0. The lowest BCUT2D eigenvalue weighted by Crippen LogP contribution is -2.23. The van der Waals surface area contributed by atoms with Crippen molar-refractivity contribution in [1.29, 1.82) is 0 Å². The summed E-state index contributed by atoms with van der Waals surface area (Å²) in [5, 5.41) is 12.4. The quantitative estimate of drug-likeness (QED) is 0.0942. The van der Waals surface area contributed by atoms with Crippen LogP contribution < -0.4 is 31.8 Å². The predicted octanol–water partition coefficient (Wildman–Crippen LogP) is 9.22. The van der Waals surface area contributed by atoms with Gasteiger partial charge in [-0.15, -0.1) is 0 Å². The van der Waals surface area contributed by atoms with Gasteiger partial charge in [-0.2, -0.15) is 0 Å². The highest BCUT2D eigenvalue weighted by molar-refractivity contribution is 7.80. The Balaban J connectivity index is 1.46. The van der Waals surface area contributed by atoms with E-state index in [1.54, 1.807) is 0 Å². The molecular weight excluding hydrogens is 642 g/mol. The maximum atomic E-state index is 14.2. The molecular formula is C42H26F4P2. The Morgan fingerprint density at radius 3 is 0.792 bits per heavy atom. The van der Waals surface area contributed by atoms with Crippen LogP contribution in [-0.4, -0.2) is 0 Å². The lowest BCUT2D eigenvalue weighted by atomic mass is 9.97. The smallest absolute Gasteiger partial charge is 0.123 e. The summed E-state index contributed by atoms with van der Waals surface area (Å²) in [4.78, 5) is 0. The highest BCUT2D eigenvalue weighted by Gasteiger charge is 2.25. The molecule has 8 aromatic rings. The molecule has 48 heavy (non-hydrogen) atoms. The Morgan fingerprint density at radius 2 is 0.521 bits per heavy atom. The van der Waals surface area contributed by atoms with E-state index >= 15 is 0 Å². The molecule has 8 rings (SSSR count). The van der Waals surface area contributed by atoms with Crippen LogP contribution in [0.1, 0.15) is 0 Å². The second kappa shape index (κ2) is 12.6. The first kappa shape index (κ1) is 30.5. The molecule has 232 valence electrons. The van der Waals surface area contributed by atoms with Gasteiger partial charge in [0.25, 0.3) is 0 Å². The number of hydrogen-bond acceptors (Lipinski definition) is 0. The van der Waals surface area contributed by atoms with Gasteiger partial charge in [0.1, 0.15) is 23.3 Å². The average molecular weight is 669 g/mol. The van der Waals surface area contributed by atoms with Crippen molar-refractivity contribution in [3.05, 3.63) is 181 Å². The van der Waals surface area contributed by atoms with Crippen molar-refractivity contribution >= 4 is 80.0 Å². The molecule has 0 aliphatic rings. The van der Waals surface area contributed by atoms with Gasteiger partial charge in [-0.25, -0.2) is 17.6 Å². The third kappa shape index (κ3) is 5.56. The minimum Gasteiger partial charge on any atom is -0.207 e. The lowest BCUT2D eigenvalue weighted by molar-refractivity contribution is 0.628. The normalized spacial score (nSPS) is 11.7. The summed E-state index contributed by atoms with van der Waals surface area (Å²) < 4.78 is 56.6. The molecule has 8 aromatic carbocycles. The summed E-state index contributed by atoms with van der Waals surface area (Å²) >= 11 is 0. The maximum Gasteiger partial charge on any atom is 0.123 e. The summed E-state index contributed by atoms with van der Waals surface area (Å²) in [6, 6.07) is 47.5. The van der Waals surface area contributed by atoms with E-state index in [9.17, 15) is 17.6 Å².